The second-order valence-corrected chi connectivity index (χ2v) is 5.92. The van der Waals surface area contributed by atoms with Crippen molar-refractivity contribution in [2.45, 2.75) is 0 Å². The third-order valence-corrected chi connectivity index (χ3v) is 4.53. The summed E-state index contributed by atoms with van der Waals surface area (Å²) in [5, 5.41) is 20.8. The van der Waals surface area contributed by atoms with Gasteiger partial charge in [-0.2, -0.15) is 0 Å². The lowest BCUT2D eigenvalue weighted by Crippen LogP contribution is -2.42. The van der Waals surface area contributed by atoms with Crippen molar-refractivity contribution in [1.29, 1.82) is 0 Å². The maximum atomic E-state index is 12.6. The molecule has 0 bridgehead atoms. The number of hydrogen-bond donors (Lipinski definition) is 2. The average Bonchev–Trinajstić information content (AvgIpc) is 2.90. The average molecular weight is 344 g/mol. The fourth-order valence-corrected chi connectivity index (χ4v) is 3.21. The minimum atomic E-state index is -0.631. The predicted octanol–water partition coefficient (Wildman–Crippen LogP) is -0.0308. The first-order valence-corrected chi connectivity index (χ1v) is 7.94. The number of aromatic hydroxyl groups is 2. The molecule has 0 spiro atoms. The number of carbonyl (C=O) groups is 2. The Bertz CT molecular complexity index is 818. The molecule has 0 atom stereocenters. The van der Waals surface area contributed by atoms with Gasteiger partial charge in [0, 0.05) is 38.6 Å². The van der Waals surface area contributed by atoms with Gasteiger partial charge in [0.25, 0.3) is 11.8 Å². The Morgan fingerprint density at radius 2 is 1.44 bits per heavy atom. The zero-order valence-corrected chi connectivity index (χ0v) is 13.3. The molecule has 0 saturated carbocycles. The molecule has 2 aliphatic rings. The van der Waals surface area contributed by atoms with E-state index in [1.54, 1.807) is 0 Å². The molecule has 2 aromatic rings. The SMILES string of the molecule is O=C1c2c(c(O)c3nccnc3c2O)C(=O)N1CCN1CCOCC1. The quantitative estimate of drug-likeness (QED) is 0.589. The third-order valence-electron chi connectivity index (χ3n) is 4.53. The van der Waals surface area contributed by atoms with Crippen molar-refractivity contribution < 1.29 is 24.5 Å². The second kappa shape index (κ2) is 5.94. The molecule has 9 nitrogen and oxygen atoms in total. The number of carbonyl (C=O) groups excluding carboxylic acids is 2. The van der Waals surface area contributed by atoms with Crippen LogP contribution in [0.5, 0.6) is 11.5 Å². The first-order chi connectivity index (χ1) is 12.1. The predicted molar refractivity (Wildman–Crippen MR) is 85.5 cm³/mol. The molecule has 2 N–H and O–H groups in total. The van der Waals surface area contributed by atoms with Crippen LogP contribution in [0.4, 0.5) is 0 Å². The minimum absolute atomic E-state index is 0.00470. The molecule has 2 aliphatic heterocycles. The fraction of sp³-hybridized carbons (Fsp3) is 0.375. The van der Waals surface area contributed by atoms with Crippen molar-refractivity contribution in [2.24, 2.45) is 0 Å². The minimum Gasteiger partial charge on any atom is -0.505 e. The van der Waals surface area contributed by atoms with Crippen molar-refractivity contribution in [2.75, 3.05) is 39.4 Å². The molecule has 2 amide bonds. The van der Waals surface area contributed by atoms with Gasteiger partial charge in [0.2, 0.25) is 0 Å². The van der Waals surface area contributed by atoms with Crippen molar-refractivity contribution in [3.8, 4) is 11.5 Å². The van der Waals surface area contributed by atoms with Crippen LogP contribution in [0.25, 0.3) is 11.0 Å². The van der Waals surface area contributed by atoms with E-state index in [0.29, 0.717) is 19.8 Å². The number of phenolic OH excluding ortho intramolecular Hbond substituents is 2. The van der Waals surface area contributed by atoms with E-state index in [2.05, 4.69) is 14.9 Å². The highest BCUT2D eigenvalue weighted by Gasteiger charge is 2.42. The van der Waals surface area contributed by atoms with Crippen LogP contribution in [0.3, 0.4) is 0 Å². The zero-order chi connectivity index (χ0) is 17.6. The Morgan fingerprint density at radius 3 is 1.96 bits per heavy atom. The van der Waals surface area contributed by atoms with E-state index >= 15 is 0 Å². The summed E-state index contributed by atoms with van der Waals surface area (Å²) in [6.07, 6.45) is 2.68. The number of hydrogen-bond acceptors (Lipinski definition) is 8. The van der Waals surface area contributed by atoms with Crippen LogP contribution in [0.1, 0.15) is 20.7 Å². The molecular weight excluding hydrogens is 328 g/mol. The summed E-state index contributed by atoms with van der Waals surface area (Å²) in [5.74, 6) is -2.12. The summed E-state index contributed by atoms with van der Waals surface area (Å²) >= 11 is 0. The number of aromatic nitrogens is 2. The largest absolute Gasteiger partial charge is 0.505 e. The van der Waals surface area contributed by atoms with Gasteiger partial charge in [-0.1, -0.05) is 0 Å². The third kappa shape index (κ3) is 2.39. The van der Waals surface area contributed by atoms with E-state index in [0.717, 1.165) is 18.0 Å². The number of ether oxygens (including phenoxy) is 1. The van der Waals surface area contributed by atoms with Crippen LogP contribution in [0.2, 0.25) is 0 Å². The number of nitrogens with zero attached hydrogens (tertiary/aromatic N) is 4. The van der Waals surface area contributed by atoms with Crippen LogP contribution in [0.15, 0.2) is 12.4 Å². The monoisotopic (exact) mass is 344 g/mol. The van der Waals surface area contributed by atoms with Crippen molar-refractivity contribution in [1.82, 2.24) is 19.8 Å². The van der Waals surface area contributed by atoms with Gasteiger partial charge in [0.1, 0.15) is 22.2 Å². The van der Waals surface area contributed by atoms with E-state index in [1.165, 1.54) is 12.4 Å². The molecule has 0 radical (unpaired) electrons. The van der Waals surface area contributed by atoms with Gasteiger partial charge in [-0.15, -0.1) is 0 Å². The second-order valence-electron chi connectivity index (χ2n) is 5.92. The van der Waals surface area contributed by atoms with Crippen molar-refractivity contribution in [3.05, 3.63) is 23.5 Å². The molecule has 0 aliphatic carbocycles. The van der Waals surface area contributed by atoms with Gasteiger partial charge in [-0.05, 0) is 0 Å². The van der Waals surface area contributed by atoms with Gasteiger partial charge < -0.3 is 14.9 Å². The van der Waals surface area contributed by atoms with E-state index < -0.39 is 23.3 Å². The highest BCUT2D eigenvalue weighted by molar-refractivity contribution is 6.26. The van der Waals surface area contributed by atoms with Gasteiger partial charge >= 0.3 is 0 Å². The van der Waals surface area contributed by atoms with E-state index in [4.69, 9.17) is 4.74 Å². The topological polar surface area (TPSA) is 116 Å². The molecule has 1 fully saturated rings. The Kier molecular flexibility index (Phi) is 3.74. The molecule has 3 heterocycles. The molecule has 130 valence electrons. The van der Waals surface area contributed by atoms with E-state index in [9.17, 15) is 19.8 Å². The Balaban J connectivity index is 1.68. The van der Waals surface area contributed by atoms with Gasteiger partial charge in [0.05, 0.1) is 13.2 Å². The number of imide groups is 1. The molecular formula is C16H16N4O5. The number of morpholine rings is 1. The highest BCUT2D eigenvalue weighted by Crippen LogP contribution is 2.41. The molecule has 25 heavy (non-hydrogen) atoms. The Labute approximate surface area is 142 Å². The lowest BCUT2D eigenvalue weighted by Gasteiger charge is -2.27. The summed E-state index contributed by atoms with van der Waals surface area (Å²) in [7, 11) is 0. The van der Waals surface area contributed by atoms with E-state index in [-0.39, 0.29) is 28.7 Å². The summed E-state index contributed by atoms with van der Waals surface area (Å²) in [4.78, 5) is 36.3. The van der Waals surface area contributed by atoms with Gasteiger partial charge in [0.15, 0.2) is 11.5 Å². The van der Waals surface area contributed by atoms with E-state index in [1.807, 2.05) is 0 Å². The number of amides is 2. The normalized spacial score (nSPS) is 18.2. The van der Waals surface area contributed by atoms with Crippen LogP contribution >= 0.6 is 0 Å². The Morgan fingerprint density at radius 1 is 0.920 bits per heavy atom. The molecule has 0 unspecified atom stereocenters. The van der Waals surface area contributed by atoms with Crippen molar-refractivity contribution >= 4 is 22.8 Å². The maximum Gasteiger partial charge on any atom is 0.265 e. The van der Waals surface area contributed by atoms with Crippen LogP contribution in [0, 0.1) is 0 Å². The first kappa shape index (κ1) is 15.7. The highest BCUT2D eigenvalue weighted by atomic mass is 16.5. The summed E-state index contributed by atoms with van der Waals surface area (Å²) in [6, 6.07) is 0. The molecule has 1 aromatic heterocycles. The summed E-state index contributed by atoms with van der Waals surface area (Å²) in [6.45, 7) is 3.38. The molecule has 1 saturated heterocycles. The zero-order valence-electron chi connectivity index (χ0n) is 13.3. The van der Waals surface area contributed by atoms with Crippen LogP contribution in [-0.2, 0) is 4.74 Å². The number of rotatable bonds is 3. The van der Waals surface area contributed by atoms with Gasteiger partial charge in [-0.3, -0.25) is 19.4 Å². The number of fused-ring (bicyclic) bond motifs is 2. The standard InChI is InChI=1S/C16H16N4O5/c21-13-9-10(14(22)12-11(13)17-1-2-18-12)16(24)20(15(9)23)4-3-19-5-7-25-8-6-19/h1-2,21-22H,3-8H2. The maximum absolute atomic E-state index is 12.6. The van der Waals surface area contributed by atoms with Gasteiger partial charge in [-0.25, -0.2) is 9.97 Å². The lowest BCUT2D eigenvalue weighted by molar-refractivity contribution is 0.0325. The molecule has 4 rings (SSSR count). The number of phenols is 2. The smallest absolute Gasteiger partial charge is 0.265 e. The Hall–Kier alpha value is -2.78. The molecule has 1 aromatic carbocycles. The first-order valence-electron chi connectivity index (χ1n) is 7.94. The summed E-state index contributed by atoms with van der Waals surface area (Å²) in [5.41, 5.74) is -0.431. The fourth-order valence-electron chi connectivity index (χ4n) is 3.21. The summed E-state index contributed by atoms with van der Waals surface area (Å²) < 4.78 is 5.27. The lowest BCUT2D eigenvalue weighted by atomic mass is 10.1. The van der Waals surface area contributed by atoms with Crippen molar-refractivity contribution in [3.63, 3.8) is 0 Å². The van der Waals surface area contributed by atoms with Crippen LogP contribution in [-0.4, -0.2) is 81.2 Å². The number of benzene rings is 1. The molecule has 9 heteroatoms. The van der Waals surface area contributed by atoms with Crippen LogP contribution < -0.4 is 0 Å².